The van der Waals surface area contributed by atoms with Crippen molar-refractivity contribution in [1.29, 1.82) is 0 Å². The van der Waals surface area contributed by atoms with Gasteiger partial charge in [0.1, 0.15) is 5.60 Å². The molecule has 0 radical (unpaired) electrons. The van der Waals surface area contributed by atoms with Gasteiger partial charge < -0.3 is 34.8 Å². The van der Waals surface area contributed by atoms with Crippen molar-refractivity contribution < 1.29 is 39.0 Å². The van der Waals surface area contributed by atoms with Gasteiger partial charge in [0.25, 0.3) is 0 Å². The molecule has 9 nitrogen and oxygen atoms in total. The molecule has 1 aromatic rings. The molecule has 0 aromatic heterocycles. The molecule has 1 saturated heterocycles. The summed E-state index contributed by atoms with van der Waals surface area (Å²) in [6.07, 6.45) is 3.20. The van der Waals surface area contributed by atoms with E-state index >= 15 is 0 Å². The molecule has 0 aliphatic carbocycles. The van der Waals surface area contributed by atoms with Crippen molar-refractivity contribution in [2.24, 2.45) is 0 Å². The predicted molar refractivity (Wildman–Crippen MR) is 106 cm³/mol. The molecule has 10 heteroatoms. The molecule has 1 aliphatic rings. The molecule has 1 aliphatic heterocycles. The Morgan fingerprint density at radius 1 is 1.06 bits per heavy atom. The van der Waals surface area contributed by atoms with E-state index in [1.807, 2.05) is 30.3 Å². The lowest BCUT2D eigenvalue weighted by molar-refractivity contribution is -0.339. The molecule has 1 fully saturated rings. The molecule has 2 atom stereocenters. The van der Waals surface area contributed by atoms with Crippen LogP contribution in [-0.4, -0.2) is 56.2 Å². The molecule has 1 N–H and O–H groups in total. The van der Waals surface area contributed by atoms with E-state index in [-0.39, 0.29) is 5.37 Å². The van der Waals surface area contributed by atoms with E-state index < -0.39 is 47.2 Å². The van der Waals surface area contributed by atoms with Crippen molar-refractivity contribution in [3.05, 3.63) is 30.3 Å². The third-order valence-electron chi connectivity index (χ3n) is 4.83. The molecule has 2 unspecified atom stereocenters. The first-order valence-electron chi connectivity index (χ1n) is 10.1. The summed E-state index contributed by atoms with van der Waals surface area (Å²) < 4.78 is 12.7. The fraction of sp³-hybridized carbons (Fsp3) is 0.571. The van der Waals surface area contributed by atoms with Crippen LogP contribution in [0.25, 0.3) is 0 Å². The Morgan fingerprint density at radius 3 is 2.00 bits per heavy atom. The highest BCUT2D eigenvalue weighted by molar-refractivity contribution is 7.85. The van der Waals surface area contributed by atoms with Gasteiger partial charge in [-0.3, -0.25) is 9.11 Å². The molecule has 174 valence electrons. The number of hydrogen-bond acceptors (Lipinski definition) is 9. The molecule has 0 saturated carbocycles. The molecular formula is C21H28NO8S-3. The first kappa shape index (κ1) is 26.7. The SMILES string of the molecule is CCCCC(N1CCCC1)S(=O)c1ccccc1.O=C([O-])CC(O)(CC(=O)[O-])C(=O)[O-]. The fourth-order valence-corrected chi connectivity index (χ4v) is 4.83. The maximum atomic E-state index is 12.7. The summed E-state index contributed by atoms with van der Waals surface area (Å²) in [5, 5.41) is 39.1. The molecule has 2 rings (SSSR count). The van der Waals surface area contributed by atoms with Gasteiger partial charge in [-0.15, -0.1) is 0 Å². The second-order valence-electron chi connectivity index (χ2n) is 7.37. The lowest BCUT2D eigenvalue weighted by atomic mass is 9.96. The maximum absolute atomic E-state index is 12.7. The van der Waals surface area contributed by atoms with Crippen molar-refractivity contribution in [2.75, 3.05) is 13.1 Å². The van der Waals surface area contributed by atoms with Crippen LogP contribution in [0.5, 0.6) is 0 Å². The smallest absolute Gasteiger partial charge is 0.114 e. The second kappa shape index (κ2) is 13.2. The Balaban J connectivity index is 0.000000330. The average molecular weight is 455 g/mol. The minimum atomic E-state index is -2.97. The van der Waals surface area contributed by atoms with Crippen molar-refractivity contribution in [3.8, 4) is 0 Å². The van der Waals surface area contributed by atoms with Crippen LogP contribution < -0.4 is 15.3 Å². The van der Waals surface area contributed by atoms with Crippen LogP contribution in [0.4, 0.5) is 0 Å². The average Bonchev–Trinajstić information content (AvgIpc) is 3.22. The number of carbonyl (C=O) groups excluding carboxylic acids is 3. The van der Waals surface area contributed by atoms with E-state index in [0.717, 1.165) is 24.4 Å². The number of rotatable bonds is 11. The van der Waals surface area contributed by atoms with Crippen LogP contribution in [-0.2, 0) is 25.2 Å². The summed E-state index contributed by atoms with van der Waals surface area (Å²) in [6.45, 7) is 4.44. The topological polar surface area (TPSA) is 161 Å². The second-order valence-corrected chi connectivity index (χ2v) is 8.98. The van der Waals surface area contributed by atoms with Crippen LogP contribution >= 0.6 is 0 Å². The highest BCUT2D eigenvalue weighted by Crippen LogP contribution is 2.23. The minimum absolute atomic E-state index is 0.217. The summed E-state index contributed by atoms with van der Waals surface area (Å²) in [5.41, 5.74) is -2.97. The van der Waals surface area contributed by atoms with Crippen LogP contribution in [0, 0.1) is 0 Å². The highest BCUT2D eigenvalue weighted by Gasteiger charge is 2.29. The summed E-state index contributed by atoms with van der Waals surface area (Å²) in [7, 11) is -0.887. The summed E-state index contributed by atoms with van der Waals surface area (Å²) in [5.74, 6) is -5.98. The monoisotopic (exact) mass is 454 g/mol. The van der Waals surface area contributed by atoms with Crippen molar-refractivity contribution in [1.82, 2.24) is 4.90 Å². The number of carbonyl (C=O) groups is 3. The van der Waals surface area contributed by atoms with Crippen molar-refractivity contribution in [3.63, 3.8) is 0 Å². The van der Waals surface area contributed by atoms with Gasteiger partial charge in [0.05, 0.1) is 22.1 Å². The van der Waals surface area contributed by atoms with Gasteiger partial charge in [-0.05, 0) is 44.5 Å². The number of nitrogens with zero attached hydrogens (tertiary/aromatic N) is 1. The van der Waals surface area contributed by atoms with E-state index in [2.05, 4.69) is 11.8 Å². The van der Waals surface area contributed by atoms with Crippen LogP contribution in [0.1, 0.15) is 51.9 Å². The zero-order chi connectivity index (χ0) is 23.4. The molecule has 31 heavy (non-hydrogen) atoms. The van der Waals surface area contributed by atoms with Gasteiger partial charge in [0.15, 0.2) is 0 Å². The number of carboxylic acid groups (broad SMARTS) is 3. The Labute approximate surface area is 184 Å². The maximum Gasteiger partial charge on any atom is 0.114 e. The number of unbranched alkanes of at least 4 members (excludes halogenated alkanes) is 1. The minimum Gasteiger partial charge on any atom is -0.550 e. The fourth-order valence-electron chi connectivity index (χ4n) is 3.23. The van der Waals surface area contributed by atoms with E-state index in [9.17, 15) is 33.9 Å². The van der Waals surface area contributed by atoms with Gasteiger partial charge >= 0.3 is 0 Å². The Kier molecular flexibility index (Phi) is 11.4. The summed E-state index contributed by atoms with van der Waals surface area (Å²) in [4.78, 5) is 33.4. The highest BCUT2D eigenvalue weighted by atomic mass is 32.2. The number of likely N-dealkylation sites (tertiary alicyclic amines) is 1. The molecule has 0 spiro atoms. The summed E-state index contributed by atoms with van der Waals surface area (Å²) in [6, 6.07) is 9.93. The van der Waals surface area contributed by atoms with E-state index in [0.29, 0.717) is 0 Å². The molecule has 1 aromatic carbocycles. The quantitative estimate of drug-likeness (QED) is 0.405. The van der Waals surface area contributed by atoms with Gasteiger partial charge in [-0.2, -0.15) is 0 Å². The largest absolute Gasteiger partial charge is 0.550 e. The first-order chi connectivity index (χ1) is 14.6. The van der Waals surface area contributed by atoms with Crippen LogP contribution in [0.15, 0.2) is 35.2 Å². The molecule has 0 amide bonds. The third-order valence-corrected chi connectivity index (χ3v) is 6.59. The lowest BCUT2D eigenvalue weighted by Crippen LogP contribution is -2.54. The standard InChI is InChI=1S/C15H23NOS.C6H8O7/c1-2-3-11-15(16-12-7-8-13-16)18(17)14-9-5-4-6-10-14;7-3(8)1-6(13,5(11)12)2-4(9)10/h4-6,9-10,15H,2-3,7-8,11-13H2,1H3;13H,1-2H2,(H,7,8)(H,9,10)(H,11,12)/p-3. The van der Waals surface area contributed by atoms with Crippen molar-refractivity contribution in [2.45, 2.75) is 67.7 Å². The van der Waals surface area contributed by atoms with Crippen LogP contribution in [0.3, 0.4) is 0 Å². The van der Waals surface area contributed by atoms with Gasteiger partial charge in [0, 0.05) is 29.7 Å². The molecular weight excluding hydrogens is 426 g/mol. The number of aliphatic carboxylic acids is 3. The first-order valence-corrected chi connectivity index (χ1v) is 11.3. The number of hydrogen-bond donors (Lipinski definition) is 1. The Bertz CT molecular complexity index is 733. The van der Waals surface area contributed by atoms with E-state index in [1.54, 1.807) is 0 Å². The van der Waals surface area contributed by atoms with E-state index in [4.69, 9.17) is 5.11 Å². The number of benzene rings is 1. The molecule has 1 heterocycles. The Morgan fingerprint density at radius 2 is 1.58 bits per heavy atom. The third kappa shape index (κ3) is 9.16. The van der Waals surface area contributed by atoms with Gasteiger partial charge in [-0.1, -0.05) is 38.0 Å². The van der Waals surface area contributed by atoms with Crippen molar-refractivity contribution >= 4 is 28.7 Å². The normalized spacial score (nSPS) is 16.1. The Hall–Kier alpha value is -2.30. The van der Waals surface area contributed by atoms with E-state index in [1.165, 1.54) is 25.7 Å². The van der Waals surface area contributed by atoms with Gasteiger partial charge in [0.2, 0.25) is 0 Å². The zero-order valence-corrected chi connectivity index (χ0v) is 18.3. The summed E-state index contributed by atoms with van der Waals surface area (Å²) >= 11 is 0. The zero-order valence-electron chi connectivity index (χ0n) is 17.5. The predicted octanol–water partition coefficient (Wildman–Crippen LogP) is -1.85. The molecule has 0 bridgehead atoms. The number of aliphatic hydroxyl groups is 1. The number of carboxylic acids is 3. The van der Waals surface area contributed by atoms with Crippen LogP contribution in [0.2, 0.25) is 0 Å². The van der Waals surface area contributed by atoms with Gasteiger partial charge in [-0.25, -0.2) is 0 Å². The lowest BCUT2D eigenvalue weighted by Gasteiger charge is -2.29.